The molecule has 5 aromatic carbocycles. The molecule has 50 heavy (non-hydrogen) atoms. The first-order valence-corrected chi connectivity index (χ1v) is 17.7. The Morgan fingerprint density at radius 2 is 1.62 bits per heavy atom. The highest BCUT2D eigenvalue weighted by Gasteiger charge is 2.24. The number of ether oxygens (including phenoxy) is 1. The quantitative estimate of drug-likeness (QED) is 0.0860. The number of thioether (sulfide) groups is 1. The Bertz CT molecular complexity index is 2170. The van der Waals surface area contributed by atoms with Gasteiger partial charge in [0.1, 0.15) is 16.7 Å². The molecule has 0 saturated carbocycles. The van der Waals surface area contributed by atoms with Gasteiger partial charge in [0, 0.05) is 21.2 Å². The van der Waals surface area contributed by atoms with E-state index in [-0.39, 0.29) is 11.6 Å². The summed E-state index contributed by atoms with van der Waals surface area (Å²) < 4.78 is 6.52. The molecule has 1 unspecified atom stereocenters. The van der Waals surface area contributed by atoms with Gasteiger partial charge in [0.05, 0.1) is 16.8 Å². The van der Waals surface area contributed by atoms with Crippen molar-refractivity contribution in [2.75, 3.05) is 17.2 Å². The third-order valence-corrected chi connectivity index (χ3v) is 9.69. The minimum atomic E-state index is -0.628. The van der Waals surface area contributed by atoms with E-state index >= 15 is 0 Å². The van der Waals surface area contributed by atoms with Crippen molar-refractivity contribution >= 4 is 79.5 Å². The summed E-state index contributed by atoms with van der Waals surface area (Å²) in [6, 6.07) is 37.9. The van der Waals surface area contributed by atoms with Crippen LogP contribution in [-0.4, -0.2) is 29.3 Å². The lowest BCUT2D eigenvalue weighted by molar-refractivity contribution is -0.116. The molecule has 0 aliphatic carbocycles. The minimum absolute atomic E-state index is 0.0323. The van der Waals surface area contributed by atoms with Gasteiger partial charge in [-0.25, -0.2) is 4.98 Å². The SMILES string of the molecule is CCOc1ccc2nc(NC(=O)C(Sc3cccc(NC(=O)/C(=C/c4cccc(Cl)c4)NC(=O)c4ccccc4)c3)c3ccccc3)sc2c1. The lowest BCUT2D eigenvalue weighted by Gasteiger charge is -2.17. The molecule has 0 saturated heterocycles. The van der Waals surface area contributed by atoms with Crippen LogP contribution in [0.2, 0.25) is 5.02 Å². The lowest BCUT2D eigenvalue weighted by atomic mass is 10.1. The van der Waals surface area contributed by atoms with Gasteiger partial charge in [-0.05, 0) is 84.8 Å². The number of nitrogens with zero attached hydrogens (tertiary/aromatic N) is 1. The summed E-state index contributed by atoms with van der Waals surface area (Å²) in [5.41, 5.74) is 3.13. The number of carbonyl (C=O) groups excluding carboxylic acids is 3. The third-order valence-electron chi connectivity index (χ3n) is 7.28. The molecule has 250 valence electrons. The van der Waals surface area contributed by atoms with Crippen LogP contribution in [0.4, 0.5) is 10.8 Å². The highest BCUT2D eigenvalue weighted by Crippen LogP contribution is 2.38. The zero-order valence-corrected chi connectivity index (χ0v) is 29.1. The van der Waals surface area contributed by atoms with Crippen molar-refractivity contribution < 1.29 is 19.1 Å². The number of fused-ring (bicyclic) bond motifs is 1. The van der Waals surface area contributed by atoms with Crippen molar-refractivity contribution in [3.63, 3.8) is 0 Å². The zero-order chi connectivity index (χ0) is 34.9. The van der Waals surface area contributed by atoms with E-state index < -0.39 is 17.1 Å². The summed E-state index contributed by atoms with van der Waals surface area (Å²) >= 11 is 8.91. The number of hydrogen-bond donors (Lipinski definition) is 3. The Balaban J connectivity index is 1.22. The smallest absolute Gasteiger partial charge is 0.272 e. The van der Waals surface area contributed by atoms with Crippen LogP contribution >= 0.6 is 34.7 Å². The number of aromatic nitrogens is 1. The molecule has 11 heteroatoms. The van der Waals surface area contributed by atoms with Crippen LogP contribution in [-0.2, 0) is 9.59 Å². The molecule has 0 radical (unpaired) electrons. The fourth-order valence-electron chi connectivity index (χ4n) is 4.97. The Labute approximate surface area is 302 Å². The second-order valence-electron chi connectivity index (χ2n) is 10.9. The van der Waals surface area contributed by atoms with E-state index in [0.29, 0.717) is 33.6 Å². The van der Waals surface area contributed by atoms with Crippen LogP contribution in [0.5, 0.6) is 5.75 Å². The maximum Gasteiger partial charge on any atom is 0.272 e. The first kappa shape index (κ1) is 34.4. The summed E-state index contributed by atoms with van der Waals surface area (Å²) in [6.45, 7) is 2.48. The van der Waals surface area contributed by atoms with Gasteiger partial charge in [-0.1, -0.05) is 89.7 Å². The second kappa shape index (κ2) is 16.3. The number of thiazole rings is 1. The van der Waals surface area contributed by atoms with Crippen molar-refractivity contribution in [2.24, 2.45) is 0 Å². The van der Waals surface area contributed by atoms with Crippen molar-refractivity contribution in [1.29, 1.82) is 0 Å². The molecular weight excluding hydrogens is 688 g/mol. The van der Waals surface area contributed by atoms with E-state index in [1.165, 1.54) is 23.1 Å². The van der Waals surface area contributed by atoms with Gasteiger partial charge in [-0.15, -0.1) is 11.8 Å². The van der Waals surface area contributed by atoms with Crippen LogP contribution in [0.3, 0.4) is 0 Å². The molecule has 1 aromatic heterocycles. The molecular formula is C39H31ClN4O4S2. The van der Waals surface area contributed by atoms with Gasteiger partial charge in [0.2, 0.25) is 5.91 Å². The van der Waals surface area contributed by atoms with Gasteiger partial charge in [-0.2, -0.15) is 0 Å². The number of halogens is 1. The van der Waals surface area contributed by atoms with E-state index in [4.69, 9.17) is 16.3 Å². The van der Waals surface area contributed by atoms with Crippen molar-refractivity contribution in [1.82, 2.24) is 10.3 Å². The van der Waals surface area contributed by atoms with Gasteiger partial charge in [0.25, 0.3) is 11.8 Å². The van der Waals surface area contributed by atoms with E-state index in [9.17, 15) is 14.4 Å². The zero-order valence-electron chi connectivity index (χ0n) is 26.8. The van der Waals surface area contributed by atoms with Crippen molar-refractivity contribution in [2.45, 2.75) is 17.1 Å². The van der Waals surface area contributed by atoms with E-state index in [2.05, 4.69) is 20.9 Å². The molecule has 0 fully saturated rings. The Morgan fingerprint density at radius 3 is 2.38 bits per heavy atom. The van der Waals surface area contributed by atoms with Crippen molar-refractivity contribution in [3.8, 4) is 5.75 Å². The number of hydrogen-bond acceptors (Lipinski definition) is 7. The number of rotatable bonds is 12. The number of amides is 3. The fourth-order valence-corrected chi connectivity index (χ4v) is 7.15. The average Bonchev–Trinajstić information content (AvgIpc) is 3.53. The Hall–Kier alpha value is -5.42. The number of anilines is 2. The molecule has 0 aliphatic heterocycles. The highest BCUT2D eigenvalue weighted by atomic mass is 35.5. The van der Waals surface area contributed by atoms with Crippen LogP contribution in [0.15, 0.2) is 138 Å². The Morgan fingerprint density at radius 1 is 0.860 bits per heavy atom. The molecule has 8 nitrogen and oxygen atoms in total. The molecule has 0 bridgehead atoms. The first-order chi connectivity index (χ1) is 24.3. The molecule has 6 rings (SSSR count). The van der Waals surface area contributed by atoms with E-state index in [1.54, 1.807) is 72.8 Å². The van der Waals surface area contributed by atoms with Crippen LogP contribution in [0.1, 0.15) is 33.7 Å². The molecule has 1 heterocycles. The molecule has 0 aliphatic rings. The topological polar surface area (TPSA) is 109 Å². The molecule has 3 N–H and O–H groups in total. The van der Waals surface area contributed by atoms with Crippen LogP contribution in [0, 0.1) is 0 Å². The molecule has 6 aromatic rings. The maximum atomic E-state index is 13.8. The second-order valence-corrected chi connectivity index (χ2v) is 13.5. The van der Waals surface area contributed by atoms with Gasteiger partial charge in [0.15, 0.2) is 5.13 Å². The van der Waals surface area contributed by atoms with Gasteiger partial charge >= 0.3 is 0 Å². The van der Waals surface area contributed by atoms with E-state index in [1.807, 2.05) is 67.6 Å². The largest absolute Gasteiger partial charge is 0.494 e. The number of carbonyl (C=O) groups is 3. The lowest BCUT2D eigenvalue weighted by Crippen LogP contribution is -2.30. The van der Waals surface area contributed by atoms with Crippen molar-refractivity contribution in [3.05, 3.63) is 155 Å². The monoisotopic (exact) mass is 718 g/mol. The third kappa shape index (κ3) is 8.97. The Kier molecular flexibility index (Phi) is 11.2. The maximum absolute atomic E-state index is 13.8. The van der Waals surface area contributed by atoms with Crippen LogP contribution < -0.4 is 20.7 Å². The summed E-state index contributed by atoms with van der Waals surface area (Å²) in [5, 5.41) is 8.99. The molecule has 1 atom stereocenters. The average molecular weight is 719 g/mol. The van der Waals surface area contributed by atoms with Crippen LogP contribution in [0.25, 0.3) is 16.3 Å². The standard InChI is InChI=1S/C39H31ClN4O4S2/c1-2-48-30-19-20-32-34(24-30)50-39(43-32)44-38(47)35(26-12-5-3-6-13-26)49-31-18-10-17-29(23-31)41-37(46)33(22-25-11-9-16-28(40)21-25)42-36(45)27-14-7-4-8-15-27/h3-24,35H,2H2,1H3,(H,41,46)(H,42,45)(H,43,44,47)/b33-22-. The summed E-state index contributed by atoms with van der Waals surface area (Å²) in [5.74, 6) is -0.457. The highest BCUT2D eigenvalue weighted by molar-refractivity contribution is 8.00. The molecule has 3 amide bonds. The molecule has 0 spiro atoms. The normalized spacial score (nSPS) is 11.8. The summed E-state index contributed by atoms with van der Waals surface area (Å²) in [4.78, 5) is 45.9. The predicted octanol–water partition coefficient (Wildman–Crippen LogP) is 9.23. The number of nitrogens with one attached hydrogen (secondary N) is 3. The summed E-state index contributed by atoms with van der Waals surface area (Å²) in [6.07, 6.45) is 1.57. The van der Waals surface area contributed by atoms with Gasteiger partial charge in [-0.3, -0.25) is 14.4 Å². The van der Waals surface area contributed by atoms with E-state index in [0.717, 1.165) is 26.4 Å². The number of benzene rings is 5. The minimum Gasteiger partial charge on any atom is -0.494 e. The summed E-state index contributed by atoms with van der Waals surface area (Å²) in [7, 11) is 0. The fraction of sp³-hybridized carbons (Fsp3) is 0.0769. The van der Waals surface area contributed by atoms with Gasteiger partial charge < -0.3 is 20.7 Å². The first-order valence-electron chi connectivity index (χ1n) is 15.7. The predicted molar refractivity (Wildman–Crippen MR) is 203 cm³/mol.